The molecule has 1 atom stereocenters. The van der Waals surface area contributed by atoms with Crippen LogP contribution in [0.3, 0.4) is 0 Å². The average molecular weight is 524 g/mol. The molecule has 194 valence electrons. The molecule has 0 unspecified atom stereocenters. The summed E-state index contributed by atoms with van der Waals surface area (Å²) in [6.07, 6.45) is 0.104. The Hall–Kier alpha value is -4.02. The minimum Gasteiger partial charge on any atom is -0.459 e. The Morgan fingerprint density at radius 3 is 2.03 bits per heavy atom. The molecule has 9 nitrogen and oxygen atoms in total. The van der Waals surface area contributed by atoms with Crippen molar-refractivity contribution >= 4 is 27.8 Å². The second kappa shape index (κ2) is 11.4. The summed E-state index contributed by atoms with van der Waals surface area (Å²) >= 11 is 0. The fourth-order valence-corrected chi connectivity index (χ4v) is 4.47. The van der Waals surface area contributed by atoms with Crippen LogP contribution in [-0.2, 0) is 26.0 Å². The Balaban J connectivity index is 1.74. The van der Waals surface area contributed by atoms with E-state index >= 15 is 0 Å². The fourth-order valence-electron chi connectivity index (χ4n) is 3.29. The third kappa shape index (κ3) is 7.99. The van der Waals surface area contributed by atoms with Gasteiger partial charge < -0.3 is 15.2 Å². The lowest BCUT2D eigenvalue weighted by molar-refractivity contribution is -0.156. The molecule has 37 heavy (non-hydrogen) atoms. The first-order valence-corrected chi connectivity index (χ1v) is 12.9. The SMILES string of the molecule is CC(C)(C)OC(=O)[C@H](Cc1ccccc1)NS(=O)(=O)c1ccc(OC(=O)c2ccc(C(=N)N)cc2)cc1. The van der Waals surface area contributed by atoms with Gasteiger partial charge in [-0.05, 0) is 69.2 Å². The maximum absolute atomic E-state index is 13.1. The molecule has 0 bridgehead atoms. The summed E-state index contributed by atoms with van der Waals surface area (Å²) in [5.74, 6) is -1.34. The second-order valence-electron chi connectivity index (χ2n) is 9.25. The molecule has 0 heterocycles. The van der Waals surface area contributed by atoms with E-state index in [4.69, 9.17) is 20.6 Å². The fraction of sp³-hybridized carbons (Fsp3) is 0.222. The Bertz CT molecular complexity index is 1360. The molecule has 0 aromatic heterocycles. The number of sulfonamides is 1. The van der Waals surface area contributed by atoms with Crippen molar-refractivity contribution in [2.45, 2.75) is 43.7 Å². The number of hydrogen-bond donors (Lipinski definition) is 3. The average Bonchev–Trinajstić information content (AvgIpc) is 2.83. The lowest BCUT2D eigenvalue weighted by Gasteiger charge is -2.24. The summed E-state index contributed by atoms with van der Waals surface area (Å²) < 4.78 is 39.4. The molecule has 3 rings (SSSR count). The molecule has 4 N–H and O–H groups in total. The summed E-state index contributed by atoms with van der Waals surface area (Å²) in [6, 6.07) is 19.1. The van der Waals surface area contributed by atoms with Gasteiger partial charge in [0.1, 0.15) is 23.2 Å². The molecule has 0 aliphatic heterocycles. The molecule has 0 aliphatic carbocycles. The molecule has 0 saturated heterocycles. The number of carbonyl (C=O) groups is 2. The van der Waals surface area contributed by atoms with Crippen LogP contribution in [0.25, 0.3) is 0 Å². The summed E-state index contributed by atoms with van der Waals surface area (Å²) in [7, 11) is -4.11. The molecule has 0 saturated carbocycles. The van der Waals surface area contributed by atoms with Crippen molar-refractivity contribution in [1.82, 2.24) is 4.72 Å². The predicted octanol–water partition coefficient (Wildman–Crippen LogP) is 3.42. The van der Waals surface area contributed by atoms with E-state index in [-0.39, 0.29) is 28.5 Å². The highest BCUT2D eigenvalue weighted by Gasteiger charge is 2.30. The number of rotatable bonds is 9. The van der Waals surface area contributed by atoms with Crippen LogP contribution >= 0.6 is 0 Å². The molecule has 10 heteroatoms. The number of carbonyl (C=O) groups excluding carboxylic acids is 2. The minimum atomic E-state index is -4.11. The van der Waals surface area contributed by atoms with Gasteiger partial charge in [0, 0.05) is 5.56 Å². The van der Waals surface area contributed by atoms with Gasteiger partial charge in [0.05, 0.1) is 10.5 Å². The van der Waals surface area contributed by atoms with Gasteiger partial charge >= 0.3 is 11.9 Å². The highest BCUT2D eigenvalue weighted by Crippen LogP contribution is 2.19. The molecular weight excluding hydrogens is 494 g/mol. The van der Waals surface area contributed by atoms with Crippen LogP contribution in [0.2, 0.25) is 0 Å². The quantitative estimate of drug-likeness (QED) is 0.168. The normalized spacial score (nSPS) is 12.4. The van der Waals surface area contributed by atoms with Gasteiger partial charge in [-0.25, -0.2) is 13.2 Å². The van der Waals surface area contributed by atoms with Gasteiger partial charge in [-0.15, -0.1) is 0 Å². The minimum absolute atomic E-state index is 0.104. The smallest absolute Gasteiger partial charge is 0.343 e. The van der Waals surface area contributed by atoms with Crippen LogP contribution in [0.4, 0.5) is 0 Å². The van der Waals surface area contributed by atoms with E-state index in [9.17, 15) is 18.0 Å². The number of nitrogens with two attached hydrogens (primary N) is 1. The molecule has 0 spiro atoms. The maximum atomic E-state index is 13.1. The third-order valence-corrected chi connectivity index (χ3v) is 6.54. The largest absolute Gasteiger partial charge is 0.459 e. The zero-order valence-electron chi connectivity index (χ0n) is 20.7. The van der Waals surface area contributed by atoms with E-state index in [1.54, 1.807) is 45.0 Å². The first-order valence-electron chi connectivity index (χ1n) is 11.4. The van der Waals surface area contributed by atoms with Crippen molar-refractivity contribution in [2.24, 2.45) is 5.73 Å². The van der Waals surface area contributed by atoms with E-state index < -0.39 is 33.6 Å². The van der Waals surface area contributed by atoms with Crippen molar-refractivity contribution in [1.29, 1.82) is 5.41 Å². The second-order valence-corrected chi connectivity index (χ2v) is 11.0. The summed E-state index contributed by atoms with van der Waals surface area (Å²) in [5, 5.41) is 7.40. The Kier molecular flexibility index (Phi) is 8.46. The zero-order chi connectivity index (χ0) is 27.2. The van der Waals surface area contributed by atoms with Gasteiger partial charge in [0.15, 0.2) is 0 Å². The van der Waals surface area contributed by atoms with Crippen LogP contribution in [0.5, 0.6) is 5.75 Å². The number of nitrogen functional groups attached to an aromatic ring is 1. The maximum Gasteiger partial charge on any atom is 0.343 e. The van der Waals surface area contributed by atoms with Gasteiger partial charge in [-0.3, -0.25) is 10.2 Å². The van der Waals surface area contributed by atoms with Gasteiger partial charge in [0.25, 0.3) is 0 Å². The number of ether oxygens (including phenoxy) is 2. The van der Waals surface area contributed by atoms with Gasteiger partial charge in [-0.1, -0.05) is 42.5 Å². The monoisotopic (exact) mass is 523 g/mol. The van der Waals surface area contributed by atoms with E-state index in [2.05, 4.69) is 4.72 Å². The van der Waals surface area contributed by atoms with Crippen molar-refractivity contribution in [3.05, 3.63) is 95.6 Å². The summed E-state index contributed by atoms with van der Waals surface area (Å²) in [6.45, 7) is 5.12. The zero-order valence-corrected chi connectivity index (χ0v) is 21.5. The Morgan fingerprint density at radius 1 is 0.919 bits per heavy atom. The van der Waals surface area contributed by atoms with Crippen molar-refractivity contribution < 1.29 is 27.5 Å². The van der Waals surface area contributed by atoms with Crippen LogP contribution < -0.4 is 15.2 Å². The van der Waals surface area contributed by atoms with Gasteiger partial charge in [0.2, 0.25) is 10.0 Å². The first-order chi connectivity index (χ1) is 17.3. The third-order valence-electron chi connectivity index (χ3n) is 5.05. The lowest BCUT2D eigenvalue weighted by atomic mass is 10.1. The van der Waals surface area contributed by atoms with Crippen LogP contribution in [0.1, 0.15) is 42.3 Å². The standard InChI is InChI=1S/C27H29N3O6S/c1-27(2,3)36-26(32)23(17-18-7-5-4-6-8-18)30-37(33,34)22-15-13-21(14-16-22)35-25(31)20-11-9-19(10-12-20)24(28)29/h4-16,23,30H,17H2,1-3H3,(H3,28,29)/t23-/m0/s1. The van der Waals surface area contributed by atoms with E-state index in [0.717, 1.165) is 5.56 Å². The Labute approximate surface area is 216 Å². The Morgan fingerprint density at radius 2 is 1.49 bits per heavy atom. The van der Waals surface area contributed by atoms with Crippen LogP contribution in [0, 0.1) is 5.41 Å². The van der Waals surface area contributed by atoms with Crippen LogP contribution in [-0.4, -0.2) is 37.8 Å². The molecule has 3 aromatic rings. The highest BCUT2D eigenvalue weighted by atomic mass is 32.2. The molecular formula is C27H29N3O6S. The molecule has 0 radical (unpaired) electrons. The van der Waals surface area contributed by atoms with Crippen molar-refractivity contribution in [3.8, 4) is 5.75 Å². The first kappa shape index (κ1) is 27.6. The molecule has 0 amide bonds. The molecule has 0 aliphatic rings. The van der Waals surface area contributed by atoms with E-state index in [1.165, 1.54) is 48.5 Å². The molecule has 3 aromatic carbocycles. The topological polar surface area (TPSA) is 149 Å². The summed E-state index contributed by atoms with van der Waals surface area (Å²) in [4.78, 5) is 25.1. The van der Waals surface area contributed by atoms with Crippen LogP contribution in [0.15, 0.2) is 83.8 Å². The van der Waals surface area contributed by atoms with Crippen molar-refractivity contribution in [3.63, 3.8) is 0 Å². The highest BCUT2D eigenvalue weighted by molar-refractivity contribution is 7.89. The predicted molar refractivity (Wildman–Crippen MR) is 139 cm³/mol. The number of hydrogen-bond acceptors (Lipinski definition) is 7. The number of esters is 2. The van der Waals surface area contributed by atoms with Crippen molar-refractivity contribution in [2.75, 3.05) is 0 Å². The number of nitrogens with one attached hydrogen (secondary N) is 2. The van der Waals surface area contributed by atoms with E-state index in [0.29, 0.717) is 5.56 Å². The van der Waals surface area contributed by atoms with Gasteiger partial charge in [-0.2, -0.15) is 4.72 Å². The number of benzene rings is 3. The summed E-state index contributed by atoms with van der Waals surface area (Å²) in [5.41, 5.74) is 6.09. The van der Waals surface area contributed by atoms with E-state index in [1.807, 2.05) is 6.07 Å². The number of amidine groups is 1. The molecule has 0 fully saturated rings. The lowest BCUT2D eigenvalue weighted by Crippen LogP contribution is -2.45.